The average Bonchev–Trinajstić information content (AvgIpc) is 2.69. The zero-order valence-electron chi connectivity index (χ0n) is 14.9. The molecule has 0 spiro atoms. The molecule has 0 amide bonds. The highest BCUT2D eigenvalue weighted by Gasteiger charge is 2.10. The number of aliphatic hydroxyl groups excluding tert-OH is 1. The van der Waals surface area contributed by atoms with Crippen molar-refractivity contribution in [2.45, 2.75) is 6.42 Å². The second kappa shape index (κ2) is 9.21. The highest BCUT2D eigenvalue weighted by molar-refractivity contribution is 6.31. The predicted octanol–water partition coefficient (Wildman–Crippen LogP) is 4.34. The summed E-state index contributed by atoms with van der Waals surface area (Å²) in [6.45, 7) is 0.685. The summed E-state index contributed by atoms with van der Waals surface area (Å²) in [7, 11) is 1.60. The molecular formula is C20H21ClN4O2. The first-order chi connectivity index (χ1) is 13.2. The Balaban J connectivity index is 1.96. The van der Waals surface area contributed by atoms with E-state index in [-0.39, 0.29) is 6.61 Å². The van der Waals surface area contributed by atoms with Crippen molar-refractivity contribution in [2.24, 2.45) is 0 Å². The Kier molecular flexibility index (Phi) is 6.46. The van der Waals surface area contributed by atoms with Crippen LogP contribution in [0, 0.1) is 0 Å². The number of anilines is 3. The molecule has 1 aromatic heterocycles. The molecule has 0 aliphatic carbocycles. The third kappa shape index (κ3) is 5.09. The van der Waals surface area contributed by atoms with Crippen molar-refractivity contribution >= 4 is 29.1 Å². The fourth-order valence-corrected chi connectivity index (χ4v) is 2.71. The molecule has 3 aromatic rings. The number of rotatable bonds is 8. The van der Waals surface area contributed by atoms with Gasteiger partial charge < -0.3 is 20.5 Å². The number of aliphatic hydroxyl groups is 1. The molecule has 0 saturated heterocycles. The molecule has 1 heterocycles. The van der Waals surface area contributed by atoms with Gasteiger partial charge in [0.05, 0.1) is 18.5 Å². The fourth-order valence-electron chi connectivity index (χ4n) is 2.54. The smallest absolute Gasteiger partial charge is 0.225 e. The van der Waals surface area contributed by atoms with Crippen LogP contribution in [0.2, 0.25) is 5.02 Å². The first kappa shape index (κ1) is 18.9. The topological polar surface area (TPSA) is 79.3 Å². The molecule has 0 radical (unpaired) electrons. The summed E-state index contributed by atoms with van der Waals surface area (Å²) in [5.41, 5.74) is 2.47. The summed E-state index contributed by atoms with van der Waals surface area (Å²) in [5.74, 6) is 1.75. The van der Waals surface area contributed by atoms with Gasteiger partial charge in [-0.15, -0.1) is 0 Å². The Morgan fingerprint density at radius 3 is 2.63 bits per heavy atom. The number of halogens is 1. The summed E-state index contributed by atoms with van der Waals surface area (Å²) in [6.07, 6.45) is 0.615. The maximum absolute atomic E-state index is 8.99. The molecule has 0 saturated carbocycles. The maximum atomic E-state index is 8.99. The Bertz CT molecular complexity index is 890. The van der Waals surface area contributed by atoms with Gasteiger partial charge in [0, 0.05) is 29.8 Å². The van der Waals surface area contributed by atoms with Crippen molar-refractivity contribution in [2.75, 3.05) is 30.9 Å². The van der Waals surface area contributed by atoms with E-state index < -0.39 is 0 Å². The molecule has 0 fully saturated rings. The number of ether oxygens (including phenoxy) is 1. The van der Waals surface area contributed by atoms with E-state index in [1.807, 2.05) is 36.4 Å². The Morgan fingerprint density at radius 2 is 1.89 bits per heavy atom. The monoisotopic (exact) mass is 384 g/mol. The minimum atomic E-state index is 0.107. The number of methoxy groups -OCH3 is 1. The minimum Gasteiger partial charge on any atom is -0.495 e. The Labute approximate surface area is 163 Å². The summed E-state index contributed by atoms with van der Waals surface area (Å²) < 4.78 is 5.39. The Hall–Kier alpha value is -2.83. The zero-order chi connectivity index (χ0) is 19.1. The van der Waals surface area contributed by atoms with Gasteiger partial charge in [-0.1, -0.05) is 41.9 Å². The molecular weight excluding hydrogens is 364 g/mol. The van der Waals surface area contributed by atoms with Crippen molar-refractivity contribution in [3.8, 4) is 17.0 Å². The Morgan fingerprint density at radius 1 is 1.07 bits per heavy atom. The van der Waals surface area contributed by atoms with Gasteiger partial charge >= 0.3 is 0 Å². The maximum Gasteiger partial charge on any atom is 0.225 e. The highest BCUT2D eigenvalue weighted by Crippen LogP contribution is 2.31. The molecule has 2 aromatic carbocycles. The van der Waals surface area contributed by atoms with Gasteiger partial charge in [0.2, 0.25) is 5.95 Å². The summed E-state index contributed by atoms with van der Waals surface area (Å²) in [6, 6.07) is 17.1. The van der Waals surface area contributed by atoms with Crippen LogP contribution < -0.4 is 15.4 Å². The molecule has 0 aliphatic heterocycles. The molecule has 0 bridgehead atoms. The third-order valence-corrected chi connectivity index (χ3v) is 4.07. The number of hydrogen-bond acceptors (Lipinski definition) is 6. The van der Waals surface area contributed by atoms with Gasteiger partial charge in [-0.2, -0.15) is 4.98 Å². The number of nitrogens with zero attached hydrogens (tertiary/aromatic N) is 2. The van der Waals surface area contributed by atoms with Crippen molar-refractivity contribution in [3.63, 3.8) is 0 Å². The van der Waals surface area contributed by atoms with E-state index in [1.165, 1.54) is 0 Å². The van der Waals surface area contributed by atoms with Gasteiger partial charge in [0.1, 0.15) is 11.6 Å². The number of nitrogens with one attached hydrogen (secondary N) is 2. The molecule has 0 atom stereocenters. The lowest BCUT2D eigenvalue weighted by atomic mass is 10.1. The number of benzene rings is 2. The standard InChI is InChI=1S/C20H21ClN4O2/c1-27-18-9-8-15(21)12-17(18)23-19-13-16(14-6-3-2-4-7-14)24-20(25-19)22-10-5-11-26/h2-4,6-9,12-13,26H,5,10-11H2,1H3,(H2,22,23,24,25). The molecule has 140 valence electrons. The third-order valence-electron chi connectivity index (χ3n) is 3.84. The van der Waals surface area contributed by atoms with E-state index >= 15 is 0 Å². The predicted molar refractivity (Wildman–Crippen MR) is 109 cm³/mol. The van der Waals surface area contributed by atoms with Gasteiger partial charge in [0.25, 0.3) is 0 Å². The quantitative estimate of drug-likeness (QED) is 0.501. The second-order valence-corrected chi connectivity index (χ2v) is 6.24. The van der Waals surface area contributed by atoms with E-state index in [2.05, 4.69) is 20.6 Å². The molecule has 3 rings (SSSR count). The van der Waals surface area contributed by atoms with Gasteiger partial charge in [-0.25, -0.2) is 4.98 Å². The fraction of sp³-hybridized carbons (Fsp3) is 0.200. The normalized spacial score (nSPS) is 10.5. The zero-order valence-corrected chi connectivity index (χ0v) is 15.7. The van der Waals surface area contributed by atoms with E-state index in [9.17, 15) is 0 Å². The molecule has 27 heavy (non-hydrogen) atoms. The van der Waals surface area contributed by atoms with Crippen LogP contribution in [0.1, 0.15) is 6.42 Å². The molecule has 0 aliphatic rings. The second-order valence-electron chi connectivity index (χ2n) is 5.80. The van der Waals surface area contributed by atoms with Crippen LogP contribution in [-0.4, -0.2) is 35.3 Å². The van der Waals surface area contributed by atoms with E-state index in [0.717, 1.165) is 11.3 Å². The SMILES string of the molecule is COc1ccc(Cl)cc1Nc1cc(-c2ccccc2)nc(NCCCO)n1. The van der Waals surface area contributed by atoms with Crippen molar-refractivity contribution in [1.29, 1.82) is 0 Å². The number of hydrogen-bond donors (Lipinski definition) is 3. The van der Waals surface area contributed by atoms with Crippen molar-refractivity contribution in [1.82, 2.24) is 9.97 Å². The minimum absolute atomic E-state index is 0.107. The molecule has 3 N–H and O–H groups in total. The van der Waals surface area contributed by atoms with E-state index in [4.69, 9.17) is 21.4 Å². The molecule has 6 nitrogen and oxygen atoms in total. The first-order valence-corrected chi connectivity index (χ1v) is 8.97. The lowest BCUT2D eigenvalue weighted by molar-refractivity contribution is 0.292. The van der Waals surface area contributed by atoms with Gasteiger partial charge in [-0.3, -0.25) is 0 Å². The van der Waals surface area contributed by atoms with Crippen molar-refractivity contribution < 1.29 is 9.84 Å². The van der Waals surface area contributed by atoms with E-state index in [1.54, 1.807) is 25.3 Å². The highest BCUT2D eigenvalue weighted by atomic mass is 35.5. The van der Waals surface area contributed by atoms with Crippen molar-refractivity contribution in [3.05, 3.63) is 59.6 Å². The largest absolute Gasteiger partial charge is 0.495 e. The van der Waals surface area contributed by atoms with Crippen LogP contribution in [0.4, 0.5) is 17.5 Å². The lowest BCUT2D eigenvalue weighted by Crippen LogP contribution is -2.09. The van der Waals surface area contributed by atoms with Crippen LogP contribution in [0.5, 0.6) is 5.75 Å². The van der Waals surface area contributed by atoms with Crippen LogP contribution in [0.25, 0.3) is 11.3 Å². The van der Waals surface area contributed by atoms with Crippen LogP contribution in [0.15, 0.2) is 54.6 Å². The van der Waals surface area contributed by atoms with Crippen LogP contribution >= 0.6 is 11.6 Å². The average molecular weight is 385 g/mol. The molecule has 0 unspecified atom stereocenters. The first-order valence-electron chi connectivity index (χ1n) is 8.59. The van der Waals surface area contributed by atoms with Gasteiger partial charge in [-0.05, 0) is 24.6 Å². The lowest BCUT2D eigenvalue weighted by Gasteiger charge is -2.13. The summed E-state index contributed by atoms with van der Waals surface area (Å²) in [4.78, 5) is 9.09. The number of aromatic nitrogens is 2. The van der Waals surface area contributed by atoms with Gasteiger partial charge in [0.15, 0.2) is 0 Å². The summed E-state index contributed by atoms with van der Waals surface area (Å²) in [5, 5.41) is 16.0. The molecule has 7 heteroatoms. The van der Waals surface area contributed by atoms with E-state index in [0.29, 0.717) is 41.2 Å². The summed E-state index contributed by atoms with van der Waals surface area (Å²) >= 11 is 6.12. The van der Waals surface area contributed by atoms with Crippen LogP contribution in [-0.2, 0) is 0 Å². The van der Waals surface area contributed by atoms with Crippen LogP contribution in [0.3, 0.4) is 0 Å².